The number of benzene rings is 1. The summed E-state index contributed by atoms with van der Waals surface area (Å²) in [6.07, 6.45) is 2.24. The van der Waals surface area contributed by atoms with Crippen LogP contribution in [0.2, 0.25) is 10.0 Å². The molecule has 0 spiro atoms. The summed E-state index contributed by atoms with van der Waals surface area (Å²) in [6.45, 7) is 5.03. The molecule has 0 aliphatic rings. The van der Waals surface area contributed by atoms with Crippen LogP contribution in [0.5, 0.6) is 5.75 Å². The average molecular weight is 247 g/mol. The van der Waals surface area contributed by atoms with Crippen LogP contribution in [0.15, 0.2) is 18.2 Å². The van der Waals surface area contributed by atoms with Gasteiger partial charge in [0.15, 0.2) is 0 Å². The minimum absolute atomic E-state index is 0.583. The lowest BCUT2D eigenvalue weighted by molar-refractivity contribution is 0.241. The van der Waals surface area contributed by atoms with Gasteiger partial charge >= 0.3 is 0 Å². The summed E-state index contributed by atoms with van der Waals surface area (Å²) in [4.78, 5) is 0. The van der Waals surface area contributed by atoms with E-state index >= 15 is 0 Å². The van der Waals surface area contributed by atoms with Crippen molar-refractivity contribution in [1.82, 2.24) is 0 Å². The van der Waals surface area contributed by atoms with Gasteiger partial charge in [0.1, 0.15) is 5.75 Å². The molecule has 0 fully saturated rings. The first-order valence-corrected chi connectivity index (χ1v) is 6.00. The Balaban J connectivity index is 2.60. The van der Waals surface area contributed by atoms with E-state index in [9.17, 15) is 0 Å². The summed E-state index contributed by atoms with van der Waals surface area (Å²) in [5, 5.41) is 1.27. The Labute approximate surface area is 101 Å². The number of halogens is 2. The molecule has 0 bridgehead atoms. The van der Waals surface area contributed by atoms with E-state index < -0.39 is 0 Å². The molecule has 0 radical (unpaired) electrons. The normalized spacial score (nSPS) is 10.7. The van der Waals surface area contributed by atoms with Gasteiger partial charge in [0, 0.05) is 11.1 Å². The van der Waals surface area contributed by atoms with Crippen molar-refractivity contribution >= 4 is 23.2 Å². The smallest absolute Gasteiger partial charge is 0.139 e. The van der Waals surface area contributed by atoms with Gasteiger partial charge in [-0.05, 0) is 18.1 Å². The molecule has 1 aromatic carbocycles. The summed E-state index contributed by atoms with van der Waals surface area (Å²) in [6, 6.07) is 5.27. The van der Waals surface area contributed by atoms with E-state index in [1.54, 1.807) is 18.2 Å². The van der Waals surface area contributed by atoms with E-state index in [0.29, 0.717) is 28.3 Å². The van der Waals surface area contributed by atoms with Gasteiger partial charge < -0.3 is 4.74 Å². The highest BCUT2D eigenvalue weighted by Crippen LogP contribution is 2.28. The third-order valence-electron chi connectivity index (χ3n) is 2.52. The Morgan fingerprint density at radius 1 is 1.20 bits per heavy atom. The Morgan fingerprint density at radius 2 is 1.87 bits per heavy atom. The average Bonchev–Trinajstić information content (AvgIpc) is 2.24. The lowest BCUT2D eigenvalue weighted by atomic mass is 10.1. The Bertz CT molecular complexity index is 308. The molecule has 0 atom stereocenters. The van der Waals surface area contributed by atoms with E-state index in [0.717, 1.165) is 12.8 Å². The molecule has 0 heterocycles. The van der Waals surface area contributed by atoms with Crippen LogP contribution in [0, 0.1) is 5.92 Å². The molecule has 1 aromatic rings. The van der Waals surface area contributed by atoms with Crippen molar-refractivity contribution in [3.8, 4) is 5.75 Å². The fraction of sp³-hybridized carbons (Fsp3) is 0.500. The molecule has 3 heteroatoms. The van der Waals surface area contributed by atoms with Gasteiger partial charge in [-0.2, -0.15) is 0 Å². The molecule has 0 unspecified atom stereocenters. The van der Waals surface area contributed by atoms with Crippen LogP contribution < -0.4 is 4.74 Å². The van der Waals surface area contributed by atoms with Crippen molar-refractivity contribution in [3.05, 3.63) is 28.2 Å². The summed E-state index contributed by atoms with van der Waals surface area (Å²) >= 11 is 11.8. The molecule has 0 aromatic heterocycles. The highest BCUT2D eigenvalue weighted by Gasteiger charge is 2.07. The predicted molar refractivity (Wildman–Crippen MR) is 66.0 cm³/mol. The van der Waals surface area contributed by atoms with Crippen LogP contribution in [-0.4, -0.2) is 6.61 Å². The van der Waals surface area contributed by atoms with Crippen molar-refractivity contribution in [1.29, 1.82) is 0 Å². The van der Waals surface area contributed by atoms with E-state index in [1.807, 2.05) is 0 Å². The molecule has 1 rings (SSSR count). The minimum Gasteiger partial charge on any atom is -0.492 e. The van der Waals surface area contributed by atoms with Crippen LogP contribution in [0.4, 0.5) is 0 Å². The van der Waals surface area contributed by atoms with Crippen LogP contribution in [0.1, 0.15) is 26.7 Å². The summed E-state index contributed by atoms with van der Waals surface area (Å²) < 4.78 is 5.65. The standard InChI is InChI=1S/C12H16Cl2O/c1-3-9(4-2)8-15-12-7-10(13)5-6-11(12)14/h5-7,9H,3-4,8H2,1-2H3. The lowest BCUT2D eigenvalue weighted by Gasteiger charge is -2.14. The molecule has 0 aliphatic heterocycles. The molecule has 0 N–H and O–H groups in total. The topological polar surface area (TPSA) is 9.23 Å². The quantitative estimate of drug-likeness (QED) is 0.725. The molecule has 0 aliphatic carbocycles. The fourth-order valence-corrected chi connectivity index (χ4v) is 1.65. The molecule has 0 saturated heterocycles. The van der Waals surface area contributed by atoms with Crippen molar-refractivity contribution in [2.24, 2.45) is 5.92 Å². The first-order chi connectivity index (χ1) is 7.17. The van der Waals surface area contributed by atoms with Gasteiger partial charge in [-0.25, -0.2) is 0 Å². The highest BCUT2D eigenvalue weighted by molar-refractivity contribution is 6.34. The second kappa shape index (κ2) is 6.24. The van der Waals surface area contributed by atoms with Gasteiger partial charge in [-0.15, -0.1) is 0 Å². The molecular formula is C12H16Cl2O. The van der Waals surface area contributed by atoms with Gasteiger partial charge in [0.05, 0.1) is 11.6 Å². The van der Waals surface area contributed by atoms with E-state index in [4.69, 9.17) is 27.9 Å². The second-order valence-corrected chi connectivity index (χ2v) is 4.41. The maximum absolute atomic E-state index is 5.98. The number of ether oxygens (including phenoxy) is 1. The summed E-state index contributed by atoms with van der Waals surface area (Å²) in [7, 11) is 0. The number of hydrogen-bond acceptors (Lipinski definition) is 1. The zero-order valence-electron chi connectivity index (χ0n) is 9.09. The number of hydrogen-bond donors (Lipinski definition) is 0. The number of rotatable bonds is 5. The summed E-state index contributed by atoms with van der Waals surface area (Å²) in [5.41, 5.74) is 0. The molecule has 0 saturated carbocycles. The van der Waals surface area contributed by atoms with Gasteiger partial charge in [0.2, 0.25) is 0 Å². The zero-order valence-corrected chi connectivity index (χ0v) is 10.6. The molecule has 15 heavy (non-hydrogen) atoms. The summed E-state index contributed by atoms with van der Waals surface area (Å²) in [5.74, 6) is 1.26. The first kappa shape index (κ1) is 12.7. The van der Waals surface area contributed by atoms with Crippen molar-refractivity contribution < 1.29 is 4.74 Å². The van der Waals surface area contributed by atoms with Crippen molar-refractivity contribution in [2.75, 3.05) is 6.61 Å². The Hall–Kier alpha value is -0.400. The Kier molecular flexibility index (Phi) is 5.27. The lowest BCUT2D eigenvalue weighted by Crippen LogP contribution is -2.10. The molecule has 1 nitrogen and oxygen atoms in total. The maximum Gasteiger partial charge on any atom is 0.139 e. The third-order valence-corrected chi connectivity index (χ3v) is 3.07. The van der Waals surface area contributed by atoms with Crippen LogP contribution in [0.3, 0.4) is 0 Å². The largest absolute Gasteiger partial charge is 0.492 e. The van der Waals surface area contributed by atoms with Crippen molar-refractivity contribution in [3.63, 3.8) is 0 Å². The molecule has 0 amide bonds. The van der Waals surface area contributed by atoms with E-state index in [2.05, 4.69) is 13.8 Å². The van der Waals surface area contributed by atoms with E-state index in [1.165, 1.54) is 0 Å². The van der Waals surface area contributed by atoms with Gasteiger partial charge in [0.25, 0.3) is 0 Å². The minimum atomic E-state index is 0.583. The third kappa shape index (κ3) is 3.92. The fourth-order valence-electron chi connectivity index (χ4n) is 1.32. The van der Waals surface area contributed by atoms with Crippen LogP contribution in [-0.2, 0) is 0 Å². The highest BCUT2D eigenvalue weighted by atomic mass is 35.5. The Morgan fingerprint density at radius 3 is 2.47 bits per heavy atom. The maximum atomic E-state index is 5.98. The monoisotopic (exact) mass is 246 g/mol. The first-order valence-electron chi connectivity index (χ1n) is 5.25. The van der Waals surface area contributed by atoms with Crippen molar-refractivity contribution in [2.45, 2.75) is 26.7 Å². The second-order valence-electron chi connectivity index (χ2n) is 3.57. The SMILES string of the molecule is CCC(CC)COc1cc(Cl)ccc1Cl. The van der Waals surface area contributed by atoms with E-state index in [-0.39, 0.29) is 0 Å². The molecular weight excluding hydrogens is 231 g/mol. The van der Waals surface area contributed by atoms with Gasteiger partial charge in [-0.1, -0.05) is 49.9 Å². The van der Waals surface area contributed by atoms with Crippen LogP contribution >= 0.6 is 23.2 Å². The molecule has 84 valence electrons. The van der Waals surface area contributed by atoms with Crippen LogP contribution in [0.25, 0.3) is 0 Å². The zero-order chi connectivity index (χ0) is 11.3. The predicted octanol–water partition coefficient (Wildman–Crippen LogP) is 4.81. The van der Waals surface area contributed by atoms with Gasteiger partial charge in [-0.3, -0.25) is 0 Å².